The first-order valence-electron chi connectivity index (χ1n) is 7.64. The van der Waals surface area contributed by atoms with Crippen LogP contribution in [-0.2, 0) is 6.54 Å². The van der Waals surface area contributed by atoms with Gasteiger partial charge in [-0.15, -0.1) is 0 Å². The zero-order chi connectivity index (χ0) is 14.4. The lowest BCUT2D eigenvalue weighted by atomic mass is 9.85. The van der Waals surface area contributed by atoms with Crippen molar-refractivity contribution in [3.63, 3.8) is 0 Å². The monoisotopic (exact) mass is 276 g/mol. The van der Waals surface area contributed by atoms with Crippen LogP contribution in [0.25, 0.3) is 0 Å². The molecular weight excluding hydrogens is 251 g/mol. The third kappa shape index (κ3) is 2.75. The summed E-state index contributed by atoms with van der Waals surface area (Å²) in [7, 11) is 0. The van der Waals surface area contributed by atoms with Crippen molar-refractivity contribution >= 4 is 0 Å². The van der Waals surface area contributed by atoms with Crippen LogP contribution in [0.5, 0.6) is 0 Å². The predicted octanol–water partition coefficient (Wildman–Crippen LogP) is 3.18. The Morgan fingerprint density at radius 2 is 2.05 bits per heavy atom. The molecule has 110 valence electrons. The molecule has 1 N–H and O–H groups in total. The van der Waals surface area contributed by atoms with Gasteiger partial charge in [0.2, 0.25) is 0 Å². The smallest absolute Gasteiger partial charge is 0.123 e. The van der Waals surface area contributed by atoms with Gasteiger partial charge < -0.3 is 5.32 Å². The summed E-state index contributed by atoms with van der Waals surface area (Å²) >= 11 is 0. The Kier molecular flexibility index (Phi) is 3.38. The number of benzene rings is 1. The van der Waals surface area contributed by atoms with Gasteiger partial charge in [0.1, 0.15) is 5.82 Å². The van der Waals surface area contributed by atoms with E-state index < -0.39 is 0 Å². The molecule has 20 heavy (non-hydrogen) atoms. The van der Waals surface area contributed by atoms with Crippen molar-refractivity contribution < 1.29 is 4.39 Å². The maximum Gasteiger partial charge on any atom is 0.123 e. The van der Waals surface area contributed by atoms with E-state index in [-0.39, 0.29) is 16.9 Å². The first-order valence-corrected chi connectivity index (χ1v) is 7.64. The second-order valence-electron chi connectivity index (χ2n) is 7.35. The number of nitrogens with one attached hydrogen (secondary N) is 1. The van der Waals surface area contributed by atoms with Gasteiger partial charge in [-0.25, -0.2) is 4.39 Å². The molecular formula is C17H25FN2. The Labute approximate surface area is 121 Å². The SMILES string of the molecule is CC1(C)CN(Cc2cccc(F)c2)C(C)(C2CC2)CN1. The molecule has 2 aliphatic rings. The number of hydrogen-bond donors (Lipinski definition) is 1. The summed E-state index contributed by atoms with van der Waals surface area (Å²) in [5.74, 6) is 0.657. The minimum absolute atomic E-state index is 0.127. The molecule has 0 amide bonds. The van der Waals surface area contributed by atoms with Gasteiger partial charge in [0.15, 0.2) is 0 Å². The van der Waals surface area contributed by atoms with Crippen LogP contribution in [0, 0.1) is 11.7 Å². The standard InChI is InChI=1S/C17H25FN2/c1-16(2)12-20(10-13-5-4-6-15(18)9-13)17(3,11-19-16)14-7-8-14/h4-6,9,14,19H,7-8,10-12H2,1-3H3. The Balaban J connectivity index is 1.82. The lowest BCUT2D eigenvalue weighted by Gasteiger charge is -2.52. The van der Waals surface area contributed by atoms with Crippen LogP contribution in [0.2, 0.25) is 0 Å². The van der Waals surface area contributed by atoms with E-state index in [0.29, 0.717) is 0 Å². The van der Waals surface area contributed by atoms with Gasteiger partial charge in [0, 0.05) is 30.7 Å². The molecule has 3 heteroatoms. The number of piperazine rings is 1. The summed E-state index contributed by atoms with van der Waals surface area (Å²) in [5, 5.41) is 3.68. The molecule has 0 bridgehead atoms. The average Bonchev–Trinajstić information content (AvgIpc) is 3.18. The quantitative estimate of drug-likeness (QED) is 0.912. The zero-order valence-corrected chi connectivity index (χ0v) is 12.7. The highest BCUT2D eigenvalue weighted by Gasteiger charge is 2.49. The highest BCUT2D eigenvalue weighted by atomic mass is 19.1. The Morgan fingerprint density at radius 1 is 1.30 bits per heavy atom. The Morgan fingerprint density at radius 3 is 2.70 bits per heavy atom. The van der Waals surface area contributed by atoms with Crippen molar-refractivity contribution in [2.24, 2.45) is 5.92 Å². The van der Waals surface area contributed by atoms with Gasteiger partial charge in [0.05, 0.1) is 0 Å². The van der Waals surface area contributed by atoms with Gasteiger partial charge in [-0.1, -0.05) is 12.1 Å². The van der Waals surface area contributed by atoms with E-state index in [4.69, 9.17) is 0 Å². The van der Waals surface area contributed by atoms with Crippen LogP contribution >= 0.6 is 0 Å². The highest BCUT2D eigenvalue weighted by molar-refractivity contribution is 5.18. The average molecular weight is 276 g/mol. The molecule has 1 aromatic rings. The fraction of sp³-hybridized carbons (Fsp3) is 0.647. The van der Waals surface area contributed by atoms with Crippen molar-refractivity contribution in [1.82, 2.24) is 10.2 Å². The van der Waals surface area contributed by atoms with Crippen molar-refractivity contribution in [1.29, 1.82) is 0 Å². The molecule has 1 aliphatic heterocycles. The van der Waals surface area contributed by atoms with Crippen LogP contribution in [0.1, 0.15) is 39.2 Å². The minimum atomic E-state index is -0.134. The first-order chi connectivity index (χ1) is 9.39. The fourth-order valence-corrected chi connectivity index (χ4v) is 3.44. The van der Waals surface area contributed by atoms with Crippen LogP contribution in [-0.4, -0.2) is 29.1 Å². The number of hydrogen-bond acceptors (Lipinski definition) is 2. The van der Waals surface area contributed by atoms with E-state index in [0.717, 1.165) is 31.1 Å². The summed E-state index contributed by atoms with van der Waals surface area (Å²) in [6, 6.07) is 7.03. The van der Waals surface area contributed by atoms with E-state index in [9.17, 15) is 4.39 Å². The third-order valence-corrected chi connectivity index (χ3v) is 4.95. The molecule has 1 saturated carbocycles. The van der Waals surface area contributed by atoms with Gasteiger partial charge in [-0.2, -0.15) is 0 Å². The number of halogens is 1. The molecule has 3 rings (SSSR count). The molecule has 0 radical (unpaired) electrons. The summed E-state index contributed by atoms with van der Waals surface area (Å²) in [4.78, 5) is 2.57. The van der Waals surface area contributed by atoms with E-state index in [1.165, 1.54) is 18.9 Å². The maximum atomic E-state index is 13.4. The van der Waals surface area contributed by atoms with Crippen LogP contribution in [0.4, 0.5) is 4.39 Å². The van der Waals surface area contributed by atoms with E-state index in [2.05, 4.69) is 31.0 Å². The van der Waals surface area contributed by atoms with Gasteiger partial charge in [0.25, 0.3) is 0 Å². The topological polar surface area (TPSA) is 15.3 Å². The van der Waals surface area contributed by atoms with E-state index in [1.807, 2.05) is 12.1 Å². The summed E-state index contributed by atoms with van der Waals surface area (Å²) < 4.78 is 13.4. The van der Waals surface area contributed by atoms with Gasteiger partial charge >= 0.3 is 0 Å². The largest absolute Gasteiger partial charge is 0.309 e. The van der Waals surface area contributed by atoms with Crippen LogP contribution in [0.3, 0.4) is 0 Å². The summed E-state index contributed by atoms with van der Waals surface area (Å²) in [6.07, 6.45) is 2.66. The molecule has 1 heterocycles. The second-order valence-corrected chi connectivity index (χ2v) is 7.35. The molecule has 1 aromatic carbocycles. The van der Waals surface area contributed by atoms with Crippen LogP contribution in [0.15, 0.2) is 24.3 Å². The number of nitrogens with zero attached hydrogens (tertiary/aromatic N) is 1. The summed E-state index contributed by atoms with van der Waals surface area (Å²) in [6.45, 7) is 9.74. The molecule has 1 unspecified atom stereocenters. The molecule has 0 aromatic heterocycles. The zero-order valence-electron chi connectivity index (χ0n) is 12.7. The molecule has 1 aliphatic carbocycles. The second kappa shape index (κ2) is 4.81. The molecule has 2 fully saturated rings. The molecule has 1 atom stereocenters. The highest BCUT2D eigenvalue weighted by Crippen LogP contribution is 2.45. The van der Waals surface area contributed by atoms with Crippen molar-refractivity contribution in [3.8, 4) is 0 Å². The molecule has 2 nitrogen and oxygen atoms in total. The van der Waals surface area contributed by atoms with Crippen LogP contribution < -0.4 is 5.32 Å². The lowest BCUT2D eigenvalue weighted by Crippen LogP contribution is -2.67. The Bertz CT molecular complexity index is 496. The number of rotatable bonds is 3. The minimum Gasteiger partial charge on any atom is -0.309 e. The van der Waals surface area contributed by atoms with E-state index in [1.54, 1.807) is 6.07 Å². The van der Waals surface area contributed by atoms with E-state index >= 15 is 0 Å². The van der Waals surface area contributed by atoms with Gasteiger partial charge in [-0.3, -0.25) is 4.90 Å². The fourth-order valence-electron chi connectivity index (χ4n) is 3.44. The van der Waals surface area contributed by atoms with Crippen molar-refractivity contribution in [2.75, 3.05) is 13.1 Å². The third-order valence-electron chi connectivity index (χ3n) is 4.95. The molecule has 1 saturated heterocycles. The normalized spacial score (nSPS) is 30.4. The predicted molar refractivity (Wildman–Crippen MR) is 80.0 cm³/mol. The Hall–Kier alpha value is -0.930. The summed E-state index contributed by atoms with van der Waals surface area (Å²) in [5.41, 5.74) is 1.42. The van der Waals surface area contributed by atoms with Gasteiger partial charge in [-0.05, 0) is 57.2 Å². The van der Waals surface area contributed by atoms with Crippen molar-refractivity contribution in [2.45, 2.75) is 51.2 Å². The maximum absolute atomic E-state index is 13.4. The molecule has 0 spiro atoms. The lowest BCUT2D eigenvalue weighted by molar-refractivity contribution is 0.00515. The van der Waals surface area contributed by atoms with Crippen molar-refractivity contribution in [3.05, 3.63) is 35.6 Å². The first kappa shape index (κ1) is 14.0.